The molecule has 0 radical (unpaired) electrons. The molecule has 0 aliphatic carbocycles. The van der Waals surface area contributed by atoms with Gasteiger partial charge in [-0.25, -0.2) is 0 Å². The van der Waals surface area contributed by atoms with E-state index in [2.05, 4.69) is 43.5 Å². The highest BCUT2D eigenvalue weighted by molar-refractivity contribution is 8.44. The number of thioether (sulfide) groups is 1. The molecule has 0 saturated carbocycles. The van der Waals surface area contributed by atoms with Gasteiger partial charge in [0.15, 0.2) is 5.12 Å². The fourth-order valence-electron chi connectivity index (χ4n) is 2.17. The maximum atomic E-state index is 12.7. The number of nitrogens with one attached hydrogen (secondary N) is 1. The lowest BCUT2D eigenvalue weighted by atomic mass is 10.2. The third-order valence-corrected chi connectivity index (χ3v) is 7.39. The van der Waals surface area contributed by atoms with Gasteiger partial charge in [-0.15, -0.1) is 0 Å². The van der Waals surface area contributed by atoms with Crippen LogP contribution >= 0.6 is 21.8 Å². The first-order valence-electron chi connectivity index (χ1n) is 7.18. The molecule has 1 aliphatic heterocycles. The summed E-state index contributed by atoms with van der Waals surface area (Å²) < 4.78 is 0. The van der Waals surface area contributed by atoms with Crippen LogP contribution in [0.2, 0.25) is 0 Å². The van der Waals surface area contributed by atoms with E-state index in [1.54, 1.807) is 0 Å². The Morgan fingerprint density at radius 3 is 2.37 bits per heavy atom. The Morgan fingerprint density at radius 2 is 1.89 bits per heavy atom. The van der Waals surface area contributed by atoms with E-state index in [4.69, 9.17) is 0 Å². The Hall–Kier alpha value is 0.290. The minimum atomic E-state index is -1.13. The van der Waals surface area contributed by atoms with Crippen LogP contribution in [0.15, 0.2) is 0 Å². The summed E-state index contributed by atoms with van der Waals surface area (Å²) in [4.78, 5) is 15.2. The number of carbonyl (C=O) groups is 1. The van der Waals surface area contributed by atoms with Gasteiger partial charge in [0.1, 0.15) is 0 Å². The fraction of sp³-hybridized carbons (Fsp3) is 0.929. The molecule has 1 N–H and O–H groups in total. The summed E-state index contributed by atoms with van der Waals surface area (Å²) in [6.07, 6.45) is 4.30. The zero-order valence-corrected chi connectivity index (χ0v) is 14.7. The molecule has 1 heterocycles. The van der Waals surface area contributed by atoms with E-state index in [1.807, 2.05) is 11.8 Å². The number of hydrogen-bond donors (Lipinski definition) is 1. The van der Waals surface area contributed by atoms with Gasteiger partial charge in [-0.2, -0.15) is 21.8 Å². The van der Waals surface area contributed by atoms with Crippen LogP contribution in [0.25, 0.3) is 0 Å². The first kappa shape index (κ1) is 17.3. The van der Waals surface area contributed by atoms with Crippen molar-refractivity contribution in [2.75, 3.05) is 49.4 Å². The number of nitrogens with zero attached hydrogens (tertiary/aromatic N) is 1. The molecule has 5 heteroatoms. The van der Waals surface area contributed by atoms with E-state index in [1.165, 1.54) is 11.5 Å². The first-order chi connectivity index (χ1) is 8.86. The summed E-state index contributed by atoms with van der Waals surface area (Å²) >= 11 is 2.02. The summed E-state index contributed by atoms with van der Waals surface area (Å²) in [5.74, 6) is 3.39. The number of hydrogen-bond acceptors (Lipinski definition) is 4. The highest BCUT2D eigenvalue weighted by atomic mass is 32.3. The second kappa shape index (κ2) is 7.91. The zero-order valence-electron chi connectivity index (χ0n) is 13.1. The van der Waals surface area contributed by atoms with Crippen LogP contribution in [0.4, 0.5) is 0 Å². The molecule has 0 aromatic rings. The largest absolute Gasteiger partial charge is 0.303 e. The van der Waals surface area contributed by atoms with Crippen molar-refractivity contribution in [3.05, 3.63) is 0 Å². The maximum absolute atomic E-state index is 12.7. The SMILES string of the molecule is CCS(C)(C)C(=O)C(CN1CCSCC1)NC(C)C. The smallest absolute Gasteiger partial charge is 0.189 e. The van der Waals surface area contributed by atoms with Gasteiger partial charge in [0.2, 0.25) is 0 Å². The fourth-order valence-corrected chi connectivity index (χ4v) is 4.34. The highest BCUT2D eigenvalue weighted by Gasteiger charge is 2.30. The Kier molecular flexibility index (Phi) is 7.22. The summed E-state index contributed by atoms with van der Waals surface area (Å²) in [7, 11) is -1.13. The van der Waals surface area contributed by atoms with Crippen molar-refractivity contribution in [1.29, 1.82) is 0 Å². The van der Waals surface area contributed by atoms with Crippen molar-refractivity contribution in [3.8, 4) is 0 Å². The maximum Gasteiger partial charge on any atom is 0.189 e. The lowest BCUT2D eigenvalue weighted by Crippen LogP contribution is -2.51. The lowest BCUT2D eigenvalue weighted by Gasteiger charge is -2.36. The Balaban J connectivity index is 2.67. The van der Waals surface area contributed by atoms with Crippen LogP contribution in [-0.4, -0.2) is 71.5 Å². The molecule has 114 valence electrons. The lowest BCUT2D eigenvalue weighted by molar-refractivity contribution is -0.113. The van der Waals surface area contributed by atoms with Gasteiger partial charge in [0, 0.05) is 37.2 Å². The van der Waals surface area contributed by atoms with Gasteiger partial charge in [-0.05, 0) is 18.3 Å². The van der Waals surface area contributed by atoms with Crippen molar-refractivity contribution in [2.24, 2.45) is 0 Å². The Morgan fingerprint density at radius 1 is 1.32 bits per heavy atom. The molecule has 0 aromatic carbocycles. The summed E-state index contributed by atoms with van der Waals surface area (Å²) in [6, 6.07) is 0.369. The molecule has 3 nitrogen and oxygen atoms in total. The van der Waals surface area contributed by atoms with Gasteiger partial charge in [-0.1, -0.05) is 20.8 Å². The van der Waals surface area contributed by atoms with E-state index in [0.29, 0.717) is 11.2 Å². The molecule has 1 rings (SSSR count). The second-order valence-corrected chi connectivity index (χ2v) is 11.2. The topological polar surface area (TPSA) is 32.3 Å². The van der Waals surface area contributed by atoms with Gasteiger partial charge < -0.3 is 5.32 Å². The van der Waals surface area contributed by atoms with E-state index in [-0.39, 0.29) is 6.04 Å². The average Bonchev–Trinajstić information content (AvgIpc) is 2.37. The summed E-state index contributed by atoms with van der Waals surface area (Å²) in [6.45, 7) is 9.51. The monoisotopic (exact) mass is 306 g/mol. The van der Waals surface area contributed by atoms with Crippen LogP contribution < -0.4 is 5.32 Å². The normalized spacial score (nSPS) is 20.5. The molecule has 1 fully saturated rings. The van der Waals surface area contributed by atoms with Crippen molar-refractivity contribution in [2.45, 2.75) is 32.9 Å². The molecule has 0 aromatic heterocycles. The molecule has 1 saturated heterocycles. The third kappa shape index (κ3) is 5.66. The molecule has 0 amide bonds. The predicted molar refractivity (Wildman–Crippen MR) is 90.8 cm³/mol. The standard InChI is InChI=1S/C14H30N2OS2/c1-6-19(4,5)14(17)13(15-12(2)3)11-16-7-9-18-10-8-16/h12-13,15H,6-11H2,1-5H3. The molecule has 1 unspecified atom stereocenters. The van der Waals surface area contributed by atoms with E-state index in [0.717, 1.165) is 25.4 Å². The van der Waals surface area contributed by atoms with Gasteiger partial charge >= 0.3 is 0 Å². The molecule has 1 atom stereocenters. The minimum Gasteiger partial charge on any atom is -0.303 e. The minimum absolute atomic E-state index is 0.00745. The number of rotatable bonds is 6. The van der Waals surface area contributed by atoms with Crippen LogP contribution in [0.1, 0.15) is 20.8 Å². The predicted octanol–water partition coefficient (Wildman–Crippen LogP) is 2.01. The van der Waals surface area contributed by atoms with Crippen molar-refractivity contribution < 1.29 is 4.79 Å². The van der Waals surface area contributed by atoms with Crippen LogP contribution in [-0.2, 0) is 4.79 Å². The van der Waals surface area contributed by atoms with Crippen molar-refractivity contribution >= 4 is 26.9 Å². The van der Waals surface area contributed by atoms with Crippen molar-refractivity contribution in [1.82, 2.24) is 10.2 Å². The second-order valence-electron chi connectivity index (χ2n) is 5.93. The third-order valence-electron chi connectivity index (χ3n) is 3.63. The molecule has 0 spiro atoms. The Labute approximate surface area is 124 Å². The van der Waals surface area contributed by atoms with E-state index in [9.17, 15) is 4.79 Å². The molecule has 19 heavy (non-hydrogen) atoms. The Bertz CT molecular complexity index is 289. The van der Waals surface area contributed by atoms with Crippen molar-refractivity contribution in [3.63, 3.8) is 0 Å². The van der Waals surface area contributed by atoms with Gasteiger partial charge in [0.05, 0.1) is 6.04 Å². The van der Waals surface area contributed by atoms with Crippen LogP contribution in [0.3, 0.4) is 0 Å². The van der Waals surface area contributed by atoms with Crippen LogP contribution in [0.5, 0.6) is 0 Å². The summed E-state index contributed by atoms with van der Waals surface area (Å²) in [5.41, 5.74) is 0. The first-order valence-corrected chi connectivity index (χ1v) is 10.9. The molecular formula is C14H30N2OS2. The molecule has 1 aliphatic rings. The van der Waals surface area contributed by atoms with Crippen LogP contribution in [0, 0.1) is 0 Å². The zero-order chi connectivity index (χ0) is 14.5. The highest BCUT2D eigenvalue weighted by Crippen LogP contribution is 2.41. The number of carbonyl (C=O) groups excluding carboxylic acids is 1. The van der Waals surface area contributed by atoms with E-state index < -0.39 is 10.0 Å². The molecule has 0 bridgehead atoms. The molecular weight excluding hydrogens is 276 g/mol. The van der Waals surface area contributed by atoms with Gasteiger partial charge in [-0.3, -0.25) is 9.69 Å². The quantitative estimate of drug-likeness (QED) is 0.814. The van der Waals surface area contributed by atoms with E-state index >= 15 is 0 Å². The average molecular weight is 307 g/mol. The van der Waals surface area contributed by atoms with Gasteiger partial charge in [0.25, 0.3) is 0 Å². The summed E-state index contributed by atoms with van der Waals surface area (Å²) in [5, 5.41) is 3.94.